The highest BCUT2D eigenvalue weighted by atomic mass is 16.3. The molecule has 0 fully saturated rings. The Kier molecular flexibility index (Phi) is 6.18. The monoisotopic (exact) mass is 627 g/mol. The Morgan fingerprint density at radius 2 is 0.918 bits per heavy atom. The molecule has 0 aliphatic heterocycles. The second-order valence-electron chi connectivity index (χ2n) is 12.6. The first-order chi connectivity index (χ1) is 24.3. The van der Waals surface area contributed by atoms with Crippen LogP contribution in [-0.2, 0) is 0 Å². The van der Waals surface area contributed by atoms with Gasteiger partial charge < -0.3 is 13.7 Å². The number of benzene rings is 8. The minimum absolute atomic E-state index is 0.910. The number of fused-ring (bicyclic) bond motifs is 7. The summed E-state index contributed by atoms with van der Waals surface area (Å²) in [5, 5.41) is 6.94. The number of hydrogen-bond donors (Lipinski definition) is 0. The third kappa shape index (κ3) is 4.59. The normalized spacial score (nSPS) is 11.7. The molecule has 0 spiro atoms. The van der Waals surface area contributed by atoms with Crippen molar-refractivity contribution in [1.29, 1.82) is 0 Å². The molecule has 0 bridgehead atoms. The lowest BCUT2D eigenvalue weighted by Gasteiger charge is -2.26. The topological polar surface area (TPSA) is 29.5 Å². The van der Waals surface area contributed by atoms with Gasteiger partial charge in [-0.2, -0.15) is 0 Å². The van der Waals surface area contributed by atoms with E-state index in [9.17, 15) is 0 Å². The molecule has 0 aliphatic rings. The minimum Gasteiger partial charge on any atom is -0.456 e. The first-order valence-corrected chi connectivity index (χ1v) is 16.6. The SMILES string of the molecule is c1ccc(N(c2ccc(-c3ccc4cc5oc6ccccc6c5cc4c3)cc2)c2ccc(-c3cccc4c3oc3ccccc34)cc2)cc1. The summed E-state index contributed by atoms with van der Waals surface area (Å²) >= 11 is 0. The lowest BCUT2D eigenvalue weighted by atomic mass is 9.99. The van der Waals surface area contributed by atoms with Gasteiger partial charge in [-0.1, -0.05) is 109 Å². The number of rotatable bonds is 5. The molecule has 0 radical (unpaired) electrons. The van der Waals surface area contributed by atoms with E-state index in [-0.39, 0.29) is 0 Å². The van der Waals surface area contributed by atoms with Crippen molar-refractivity contribution in [2.24, 2.45) is 0 Å². The van der Waals surface area contributed by atoms with Gasteiger partial charge in [0.2, 0.25) is 0 Å². The van der Waals surface area contributed by atoms with Gasteiger partial charge in [0.1, 0.15) is 22.3 Å². The van der Waals surface area contributed by atoms with Gasteiger partial charge in [0.05, 0.1) is 0 Å². The van der Waals surface area contributed by atoms with E-state index in [1.807, 2.05) is 24.3 Å². The average Bonchev–Trinajstić information content (AvgIpc) is 3.73. The zero-order chi connectivity index (χ0) is 32.3. The van der Waals surface area contributed by atoms with Crippen molar-refractivity contribution in [3.63, 3.8) is 0 Å². The van der Waals surface area contributed by atoms with Gasteiger partial charge in [0.15, 0.2) is 0 Å². The molecule has 0 amide bonds. The number of hydrogen-bond acceptors (Lipinski definition) is 3. The third-order valence-corrected chi connectivity index (χ3v) is 9.65. The molecule has 0 saturated carbocycles. The standard InChI is InChI=1S/C46H29NO2/c1-2-9-35(10-3-1)47(37-25-21-31(22-26-37)38-13-8-14-41-39-11-4-7-16-44(39)49-46(38)41)36-23-19-30(20-24-36)32-17-18-33-29-45-42(28-34(33)27-32)40-12-5-6-15-43(40)48-45/h1-29H. The number of para-hydroxylation sites is 4. The number of anilines is 3. The van der Waals surface area contributed by atoms with Crippen LogP contribution in [-0.4, -0.2) is 0 Å². The Hall–Kier alpha value is -6.58. The maximum atomic E-state index is 6.34. The number of furan rings is 2. The first kappa shape index (κ1) is 27.5. The molecule has 49 heavy (non-hydrogen) atoms. The molecule has 0 aliphatic carbocycles. The molecule has 3 heteroatoms. The molecular weight excluding hydrogens is 599 g/mol. The molecule has 10 aromatic rings. The second kappa shape index (κ2) is 11.0. The van der Waals surface area contributed by atoms with E-state index in [4.69, 9.17) is 8.83 Å². The Bertz CT molecular complexity index is 2810. The van der Waals surface area contributed by atoms with Crippen molar-refractivity contribution in [2.75, 3.05) is 4.90 Å². The van der Waals surface area contributed by atoms with Gasteiger partial charge in [0, 0.05) is 44.2 Å². The molecule has 2 aromatic heterocycles. The van der Waals surface area contributed by atoms with Crippen molar-refractivity contribution < 1.29 is 8.83 Å². The van der Waals surface area contributed by atoms with Gasteiger partial charge >= 0.3 is 0 Å². The van der Waals surface area contributed by atoms with E-state index in [2.05, 4.69) is 157 Å². The average molecular weight is 628 g/mol. The highest BCUT2D eigenvalue weighted by Crippen LogP contribution is 2.40. The Balaban J connectivity index is 1.01. The van der Waals surface area contributed by atoms with Crippen molar-refractivity contribution in [1.82, 2.24) is 0 Å². The fraction of sp³-hybridized carbons (Fsp3) is 0. The van der Waals surface area contributed by atoms with Crippen LogP contribution in [0, 0.1) is 0 Å². The third-order valence-electron chi connectivity index (χ3n) is 9.65. The predicted octanol–water partition coefficient (Wildman–Crippen LogP) is 13.4. The van der Waals surface area contributed by atoms with Crippen LogP contribution in [0.1, 0.15) is 0 Å². The maximum Gasteiger partial charge on any atom is 0.143 e. The fourth-order valence-corrected chi connectivity index (χ4v) is 7.24. The summed E-state index contributed by atoms with van der Waals surface area (Å²) in [6.07, 6.45) is 0. The smallest absolute Gasteiger partial charge is 0.143 e. The van der Waals surface area contributed by atoms with Gasteiger partial charge in [-0.15, -0.1) is 0 Å². The zero-order valence-electron chi connectivity index (χ0n) is 26.5. The highest BCUT2D eigenvalue weighted by Gasteiger charge is 2.16. The molecule has 2 heterocycles. The summed E-state index contributed by atoms with van der Waals surface area (Å²) in [5.41, 5.74) is 11.5. The van der Waals surface area contributed by atoms with Crippen LogP contribution in [0.2, 0.25) is 0 Å². The number of nitrogens with zero attached hydrogens (tertiary/aromatic N) is 1. The summed E-state index contributed by atoms with van der Waals surface area (Å²) in [7, 11) is 0. The molecular formula is C46H29NO2. The van der Waals surface area contributed by atoms with Gasteiger partial charge in [-0.05, 0) is 94.2 Å². The Morgan fingerprint density at radius 3 is 1.67 bits per heavy atom. The largest absolute Gasteiger partial charge is 0.456 e. The van der Waals surface area contributed by atoms with E-state index >= 15 is 0 Å². The Labute approximate surface area is 282 Å². The van der Waals surface area contributed by atoms with E-state index in [0.717, 1.165) is 72.1 Å². The molecule has 0 N–H and O–H groups in total. The Morgan fingerprint density at radius 1 is 0.327 bits per heavy atom. The van der Waals surface area contributed by atoms with E-state index in [1.54, 1.807) is 0 Å². The summed E-state index contributed by atoms with van der Waals surface area (Å²) in [6.45, 7) is 0. The van der Waals surface area contributed by atoms with Crippen LogP contribution in [0.4, 0.5) is 17.1 Å². The van der Waals surface area contributed by atoms with Crippen molar-refractivity contribution in [3.05, 3.63) is 176 Å². The first-order valence-electron chi connectivity index (χ1n) is 16.6. The highest BCUT2D eigenvalue weighted by molar-refractivity contribution is 6.11. The van der Waals surface area contributed by atoms with Crippen LogP contribution >= 0.6 is 0 Å². The minimum atomic E-state index is 0.910. The zero-order valence-corrected chi connectivity index (χ0v) is 26.5. The van der Waals surface area contributed by atoms with Gasteiger partial charge in [-0.3, -0.25) is 0 Å². The lowest BCUT2D eigenvalue weighted by molar-refractivity contribution is 0.669. The molecule has 3 nitrogen and oxygen atoms in total. The van der Waals surface area contributed by atoms with Crippen LogP contribution in [0.5, 0.6) is 0 Å². The van der Waals surface area contributed by atoms with Crippen LogP contribution in [0.3, 0.4) is 0 Å². The lowest BCUT2D eigenvalue weighted by Crippen LogP contribution is -2.09. The molecule has 0 atom stereocenters. The van der Waals surface area contributed by atoms with Gasteiger partial charge in [0.25, 0.3) is 0 Å². The van der Waals surface area contributed by atoms with Crippen LogP contribution in [0.25, 0.3) is 76.9 Å². The quantitative estimate of drug-likeness (QED) is 0.190. The molecule has 0 saturated heterocycles. The summed E-state index contributed by atoms with van der Waals surface area (Å²) in [5.74, 6) is 0. The molecule has 10 rings (SSSR count). The molecule has 0 unspecified atom stereocenters. The second-order valence-corrected chi connectivity index (χ2v) is 12.6. The van der Waals surface area contributed by atoms with Crippen molar-refractivity contribution in [2.45, 2.75) is 0 Å². The fourth-order valence-electron chi connectivity index (χ4n) is 7.24. The summed E-state index contributed by atoms with van der Waals surface area (Å²) in [4.78, 5) is 2.30. The van der Waals surface area contributed by atoms with E-state index in [0.29, 0.717) is 0 Å². The predicted molar refractivity (Wildman–Crippen MR) is 204 cm³/mol. The van der Waals surface area contributed by atoms with Gasteiger partial charge in [-0.25, -0.2) is 0 Å². The summed E-state index contributed by atoms with van der Waals surface area (Å²) in [6, 6.07) is 62.1. The molecule has 230 valence electrons. The van der Waals surface area contributed by atoms with E-state index in [1.165, 1.54) is 21.9 Å². The maximum absolute atomic E-state index is 6.34. The van der Waals surface area contributed by atoms with Crippen LogP contribution < -0.4 is 4.90 Å². The van der Waals surface area contributed by atoms with Crippen LogP contribution in [0.15, 0.2) is 185 Å². The van der Waals surface area contributed by atoms with E-state index < -0.39 is 0 Å². The van der Waals surface area contributed by atoms with Crippen molar-refractivity contribution >= 4 is 71.7 Å². The van der Waals surface area contributed by atoms with Crippen molar-refractivity contribution in [3.8, 4) is 22.3 Å². The molecule has 8 aromatic carbocycles. The summed E-state index contributed by atoms with van der Waals surface area (Å²) < 4.78 is 12.5.